The largest absolute Gasteiger partial charge is 0.383 e. The monoisotopic (exact) mass is 397 g/mol. The molecule has 0 aliphatic rings. The molecule has 130 valence electrons. The van der Waals surface area contributed by atoms with Gasteiger partial charge in [-0.15, -0.1) is 47.5 Å². The van der Waals surface area contributed by atoms with Gasteiger partial charge in [0.2, 0.25) is 0 Å². The third-order valence-corrected chi connectivity index (χ3v) is 5.00. The van der Waals surface area contributed by atoms with E-state index in [9.17, 15) is 4.79 Å². The number of hydrogen-bond acceptors (Lipinski definition) is 6. The maximum Gasteiger partial charge on any atom is 0.263 e. The van der Waals surface area contributed by atoms with Crippen molar-refractivity contribution in [2.45, 2.75) is 6.92 Å². The van der Waals surface area contributed by atoms with Gasteiger partial charge in [0.1, 0.15) is 9.88 Å². The summed E-state index contributed by atoms with van der Waals surface area (Å²) < 4.78 is 4.94. The van der Waals surface area contributed by atoms with E-state index in [1.54, 1.807) is 18.4 Å². The second-order valence-electron chi connectivity index (χ2n) is 4.41. The summed E-state index contributed by atoms with van der Waals surface area (Å²) in [5.41, 5.74) is 0.785. The van der Waals surface area contributed by atoms with Crippen LogP contribution < -0.4 is 10.6 Å². The van der Waals surface area contributed by atoms with E-state index in [1.807, 2.05) is 24.4 Å². The van der Waals surface area contributed by atoms with Crippen molar-refractivity contribution in [3.63, 3.8) is 0 Å². The van der Waals surface area contributed by atoms with E-state index >= 15 is 0 Å². The fraction of sp³-hybridized carbons (Fsp3) is 0.429. The first-order valence-corrected chi connectivity index (χ1v) is 8.41. The maximum absolute atomic E-state index is 12.1. The Morgan fingerprint density at radius 1 is 1.30 bits per heavy atom. The lowest BCUT2D eigenvalue weighted by Gasteiger charge is -2.05. The predicted octanol–water partition coefficient (Wildman–Crippen LogP) is 2.99. The second-order valence-corrected chi connectivity index (χ2v) is 6.36. The first-order chi connectivity index (χ1) is 10.2. The molecule has 0 aliphatic heterocycles. The molecule has 9 heteroatoms. The first-order valence-electron chi connectivity index (χ1n) is 6.71. The van der Waals surface area contributed by atoms with Gasteiger partial charge in [-0.1, -0.05) is 6.07 Å². The van der Waals surface area contributed by atoms with Crippen molar-refractivity contribution < 1.29 is 9.53 Å². The molecule has 2 aromatic heterocycles. The van der Waals surface area contributed by atoms with Gasteiger partial charge in [0.25, 0.3) is 5.91 Å². The van der Waals surface area contributed by atoms with Crippen LogP contribution in [0.3, 0.4) is 0 Å². The molecule has 1 amide bonds. The number of carbonyl (C=O) groups is 1. The minimum absolute atomic E-state index is 0. The van der Waals surface area contributed by atoms with Crippen LogP contribution in [0, 0.1) is 6.92 Å². The molecule has 5 nitrogen and oxygen atoms in total. The predicted molar refractivity (Wildman–Crippen MR) is 102 cm³/mol. The molecule has 0 atom stereocenters. The van der Waals surface area contributed by atoms with Gasteiger partial charge in [-0.05, 0) is 18.4 Å². The number of thiophene rings is 1. The number of methoxy groups -OCH3 is 1. The summed E-state index contributed by atoms with van der Waals surface area (Å²) in [6, 6.07) is 4.01. The highest BCUT2D eigenvalue weighted by Gasteiger charge is 2.16. The zero-order chi connectivity index (χ0) is 15.1. The quantitative estimate of drug-likeness (QED) is 0.671. The van der Waals surface area contributed by atoms with Crippen LogP contribution in [-0.2, 0) is 4.74 Å². The average Bonchev–Trinajstić information content (AvgIpc) is 3.11. The molecular weight excluding hydrogens is 377 g/mol. The van der Waals surface area contributed by atoms with E-state index in [0.717, 1.165) is 28.7 Å². The summed E-state index contributed by atoms with van der Waals surface area (Å²) in [6.07, 6.45) is 0. The number of rotatable bonds is 8. The molecule has 2 N–H and O–H groups in total. The van der Waals surface area contributed by atoms with Crippen LogP contribution in [-0.4, -0.2) is 44.2 Å². The minimum Gasteiger partial charge on any atom is -0.383 e. The topological polar surface area (TPSA) is 63.2 Å². The molecule has 0 bridgehead atoms. The van der Waals surface area contributed by atoms with E-state index in [2.05, 4.69) is 15.6 Å². The number of carbonyl (C=O) groups excluding carboxylic acids is 1. The summed E-state index contributed by atoms with van der Waals surface area (Å²) in [7, 11) is 1.67. The number of amides is 1. The molecule has 0 radical (unpaired) electrons. The molecule has 2 aromatic rings. The van der Waals surface area contributed by atoms with Gasteiger partial charge in [0.05, 0.1) is 17.2 Å². The molecule has 2 rings (SSSR count). The molecule has 0 aliphatic carbocycles. The van der Waals surface area contributed by atoms with Gasteiger partial charge < -0.3 is 15.4 Å². The van der Waals surface area contributed by atoms with Gasteiger partial charge in [-0.3, -0.25) is 4.79 Å². The highest BCUT2D eigenvalue weighted by Crippen LogP contribution is 2.30. The smallest absolute Gasteiger partial charge is 0.263 e. The lowest BCUT2D eigenvalue weighted by molar-refractivity contribution is 0.0957. The molecule has 2 heterocycles. The zero-order valence-electron chi connectivity index (χ0n) is 13.0. The number of thiazole rings is 1. The minimum atomic E-state index is -0.0543. The Hall–Kier alpha value is -0.700. The molecule has 23 heavy (non-hydrogen) atoms. The Morgan fingerprint density at radius 2 is 2.09 bits per heavy atom. The lowest BCUT2D eigenvalue weighted by atomic mass is 10.3. The molecule has 0 saturated carbocycles. The van der Waals surface area contributed by atoms with Crippen LogP contribution in [0.15, 0.2) is 17.5 Å². The van der Waals surface area contributed by atoms with E-state index < -0.39 is 0 Å². The molecule has 0 unspecified atom stereocenters. The van der Waals surface area contributed by atoms with Crippen LogP contribution >= 0.6 is 47.5 Å². The fourth-order valence-corrected chi connectivity index (χ4v) is 3.54. The zero-order valence-corrected chi connectivity index (χ0v) is 16.2. The average molecular weight is 398 g/mol. The molecule has 0 fully saturated rings. The Bertz CT molecular complexity index is 577. The highest BCUT2D eigenvalue weighted by molar-refractivity contribution is 7.22. The van der Waals surface area contributed by atoms with Crippen molar-refractivity contribution in [3.8, 4) is 9.88 Å². The van der Waals surface area contributed by atoms with E-state index in [0.29, 0.717) is 18.0 Å². The molecule has 0 saturated heterocycles. The van der Waals surface area contributed by atoms with E-state index in [1.165, 1.54) is 11.3 Å². The van der Waals surface area contributed by atoms with Crippen LogP contribution in [0.2, 0.25) is 0 Å². The lowest BCUT2D eigenvalue weighted by Crippen LogP contribution is -2.33. The summed E-state index contributed by atoms with van der Waals surface area (Å²) in [6.45, 7) is 4.65. The van der Waals surface area contributed by atoms with Crippen LogP contribution in [0.5, 0.6) is 0 Å². The SMILES string of the molecule is COCCNCCNC(=O)c1sc(-c2cccs2)nc1C.Cl.Cl. The van der Waals surface area contributed by atoms with E-state index in [-0.39, 0.29) is 30.7 Å². The van der Waals surface area contributed by atoms with Gasteiger partial charge in [-0.2, -0.15) is 0 Å². The third-order valence-electron chi connectivity index (χ3n) is 2.81. The van der Waals surface area contributed by atoms with Crippen LogP contribution in [0.25, 0.3) is 9.88 Å². The summed E-state index contributed by atoms with van der Waals surface area (Å²) >= 11 is 3.08. The van der Waals surface area contributed by atoms with Crippen molar-refractivity contribution in [2.24, 2.45) is 0 Å². The van der Waals surface area contributed by atoms with Crippen molar-refractivity contribution in [1.82, 2.24) is 15.6 Å². The third kappa shape index (κ3) is 6.74. The second kappa shape index (κ2) is 11.8. The summed E-state index contributed by atoms with van der Waals surface area (Å²) in [4.78, 5) is 18.4. The number of aryl methyl sites for hydroxylation is 1. The number of aromatic nitrogens is 1. The molecule has 0 aromatic carbocycles. The number of ether oxygens (including phenoxy) is 1. The van der Waals surface area contributed by atoms with Gasteiger partial charge in [0, 0.05) is 26.7 Å². The Balaban J connectivity index is 0.00000242. The number of nitrogens with one attached hydrogen (secondary N) is 2. The van der Waals surface area contributed by atoms with Crippen molar-refractivity contribution in [1.29, 1.82) is 0 Å². The normalized spacial score (nSPS) is 9.83. The summed E-state index contributed by atoms with van der Waals surface area (Å²) in [5.74, 6) is -0.0543. The number of hydrogen-bond donors (Lipinski definition) is 2. The molecule has 0 spiro atoms. The van der Waals surface area contributed by atoms with Crippen LogP contribution in [0.1, 0.15) is 15.4 Å². The first kappa shape index (κ1) is 22.3. The van der Waals surface area contributed by atoms with E-state index in [4.69, 9.17) is 4.74 Å². The van der Waals surface area contributed by atoms with Gasteiger partial charge in [-0.25, -0.2) is 4.98 Å². The van der Waals surface area contributed by atoms with Crippen molar-refractivity contribution in [3.05, 3.63) is 28.1 Å². The maximum atomic E-state index is 12.1. The van der Waals surface area contributed by atoms with Gasteiger partial charge >= 0.3 is 0 Å². The standard InChI is InChI=1S/C14H19N3O2S2.2ClH/c1-10-12(13(18)16-6-5-15-7-8-19-2)21-14(17-10)11-4-3-9-20-11;;/h3-4,9,15H,5-8H2,1-2H3,(H,16,18);2*1H. The molecular formula is C14H21Cl2N3O2S2. The van der Waals surface area contributed by atoms with Crippen molar-refractivity contribution in [2.75, 3.05) is 33.4 Å². The Morgan fingerprint density at radius 3 is 2.74 bits per heavy atom. The number of halogens is 2. The highest BCUT2D eigenvalue weighted by atomic mass is 35.5. The Labute approximate surface area is 156 Å². The fourth-order valence-electron chi connectivity index (χ4n) is 1.76. The number of nitrogens with zero attached hydrogens (tertiary/aromatic N) is 1. The Kier molecular flexibility index (Phi) is 11.4. The van der Waals surface area contributed by atoms with Gasteiger partial charge in [0.15, 0.2) is 0 Å². The summed E-state index contributed by atoms with van der Waals surface area (Å²) in [5, 5.41) is 9.01. The van der Waals surface area contributed by atoms with Crippen LogP contribution in [0.4, 0.5) is 0 Å². The van der Waals surface area contributed by atoms with Crippen molar-refractivity contribution >= 4 is 53.4 Å².